The normalized spacial score (nSPS) is 15.5. The Morgan fingerprint density at radius 2 is 1.27 bits per heavy atom. The molecule has 0 rings (SSSR count). The van der Waals surface area contributed by atoms with Crippen molar-refractivity contribution in [3.63, 3.8) is 0 Å². The average Bonchev–Trinajstić information content (AvgIpc) is 3.19. The molecule has 2 N–H and O–H groups in total. The van der Waals surface area contributed by atoms with Crippen LogP contribution in [0.3, 0.4) is 0 Å². The molecule has 0 amide bonds. The van der Waals surface area contributed by atoms with E-state index in [2.05, 4.69) is 38.2 Å². The summed E-state index contributed by atoms with van der Waals surface area (Å²) in [6.07, 6.45) is 43.7. The van der Waals surface area contributed by atoms with E-state index in [0.717, 1.165) is 51.4 Å². The van der Waals surface area contributed by atoms with Crippen LogP contribution in [-0.2, 0) is 32.7 Å². The molecule has 0 saturated carbocycles. The molecular weight excluding hydrogens is 781 g/mol. The first-order valence-corrected chi connectivity index (χ1v) is 23.6. The van der Waals surface area contributed by atoms with Gasteiger partial charge >= 0.3 is 11.9 Å². The van der Waals surface area contributed by atoms with Crippen LogP contribution < -0.4 is 4.89 Å². The number of allylic oxidation sites excluding steroid dienone is 12. The molecule has 11 nitrogen and oxygen atoms in total. The minimum Gasteiger partial charge on any atom is -0.756 e. The topological polar surface area (TPSA) is 152 Å². The summed E-state index contributed by atoms with van der Waals surface area (Å²) < 4.78 is 33.7. The summed E-state index contributed by atoms with van der Waals surface area (Å²) in [5, 5.41) is 20.0. The van der Waals surface area contributed by atoms with Crippen LogP contribution in [0, 0.1) is 0 Å². The molecule has 12 heteroatoms. The number of hydrogen-bond acceptors (Lipinski definition) is 10. The Bertz CT molecular complexity index is 1380. The van der Waals surface area contributed by atoms with Gasteiger partial charge in [-0.05, 0) is 70.6 Å². The number of likely N-dealkylation sites (N-methyl/N-ethyl adjacent to an activating group) is 1. The number of phosphoric acid groups is 1. The predicted octanol–water partition coefficient (Wildman–Crippen LogP) is 9.88. The van der Waals surface area contributed by atoms with Gasteiger partial charge in [0, 0.05) is 12.8 Å². The molecule has 342 valence electrons. The maximum absolute atomic E-state index is 12.7. The van der Waals surface area contributed by atoms with E-state index < -0.39 is 44.7 Å². The van der Waals surface area contributed by atoms with Crippen LogP contribution in [0.4, 0.5) is 0 Å². The standard InChI is InChI=1S/C48H80NO10P/c1-6-8-10-11-12-13-14-15-16-17-18-19-23-26-32-38-47(52)56-42-46(43-58-60(54,55)57-41-40-49(3,4)5)59-48(53)39-33-27-31-37-45(51)36-30-25-22-20-21-24-29-35-44(50)34-28-9-7-2/h9,12-13,15-16,21-22,24-25,28-31,35-37,44-46,50-51H,6-8,10-11,14,17-20,23,26-27,32-34,38-43H2,1-5H3/b13-12-,16-15-,24-21-,25-22-,28-9-,35-29+,36-30+,37-31-/t44-,45-,46+/m0/s1. The first kappa shape index (κ1) is 56.9. The molecule has 0 aromatic heterocycles. The molecule has 0 fully saturated rings. The first-order valence-electron chi connectivity index (χ1n) is 22.2. The Morgan fingerprint density at radius 3 is 1.95 bits per heavy atom. The van der Waals surface area contributed by atoms with Crippen molar-refractivity contribution in [3.8, 4) is 0 Å². The number of rotatable bonds is 38. The second kappa shape index (κ2) is 38.7. The number of carbonyl (C=O) groups is 2. The van der Waals surface area contributed by atoms with E-state index >= 15 is 0 Å². The van der Waals surface area contributed by atoms with Crippen molar-refractivity contribution in [2.75, 3.05) is 47.5 Å². The number of aliphatic hydroxyl groups is 2. The van der Waals surface area contributed by atoms with Crippen LogP contribution in [0.5, 0.6) is 0 Å². The van der Waals surface area contributed by atoms with E-state index in [-0.39, 0.29) is 26.1 Å². The fourth-order valence-electron chi connectivity index (χ4n) is 5.25. The molecule has 0 saturated heterocycles. The van der Waals surface area contributed by atoms with E-state index in [1.54, 1.807) is 30.4 Å². The van der Waals surface area contributed by atoms with E-state index in [4.69, 9.17) is 18.5 Å². The minimum atomic E-state index is -4.69. The van der Waals surface area contributed by atoms with Gasteiger partial charge in [0.25, 0.3) is 7.82 Å². The number of esters is 2. The van der Waals surface area contributed by atoms with Crippen molar-refractivity contribution in [2.24, 2.45) is 0 Å². The van der Waals surface area contributed by atoms with E-state index in [9.17, 15) is 29.3 Å². The molecule has 1 unspecified atom stereocenters. The number of unbranched alkanes of at least 4 members (excludes halogenated alkanes) is 9. The lowest BCUT2D eigenvalue weighted by Gasteiger charge is -2.28. The first-order chi connectivity index (χ1) is 28.8. The zero-order valence-corrected chi connectivity index (χ0v) is 38.5. The van der Waals surface area contributed by atoms with Crippen molar-refractivity contribution in [1.29, 1.82) is 0 Å². The van der Waals surface area contributed by atoms with Gasteiger partial charge in [-0.3, -0.25) is 14.2 Å². The van der Waals surface area contributed by atoms with Crippen molar-refractivity contribution >= 4 is 19.8 Å². The number of aliphatic hydroxyl groups excluding tert-OH is 2. The lowest BCUT2D eigenvalue weighted by atomic mass is 10.1. The molecular formula is C48H80NO10P. The number of phosphoric ester groups is 1. The van der Waals surface area contributed by atoms with Crippen molar-refractivity contribution in [3.05, 3.63) is 97.2 Å². The summed E-state index contributed by atoms with van der Waals surface area (Å²) in [7, 11) is 1.01. The molecule has 0 bridgehead atoms. The van der Waals surface area contributed by atoms with Gasteiger partial charge in [0.05, 0.1) is 40.0 Å². The number of ether oxygens (including phenoxy) is 2. The maximum Gasteiger partial charge on any atom is 0.306 e. The van der Waals surface area contributed by atoms with Crippen LogP contribution in [0.25, 0.3) is 0 Å². The molecule has 0 aromatic rings. The molecule has 0 aliphatic rings. The fourth-order valence-corrected chi connectivity index (χ4v) is 5.97. The Morgan fingerprint density at radius 1 is 0.650 bits per heavy atom. The highest BCUT2D eigenvalue weighted by Gasteiger charge is 2.21. The van der Waals surface area contributed by atoms with Crippen LogP contribution in [-0.4, -0.2) is 92.5 Å². The molecule has 0 heterocycles. The smallest absolute Gasteiger partial charge is 0.306 e. The third-order valence-corrected chi connectivity index (χ3v) is 9.73. The summed E-state index contributed by atoms with van der Waals surface area (Å²) in [5.41, 5.74) is 0. The van der Waals surface area contributed by atoms with E-state index in [1.807, 2.05) is 63.7 Å². The number of hydrogen-bond donors (Lipinski definition) is 2. The predicted molar refractivity (Wildman–Crippen MR) is 243 cm³/mol. The Hall–Kier alpha value is -3.15. The molecule has 0 spiro atoms. The van der Waals surface area contributed by atoms with E-state index in [1.165, 1.54) is 19.3 Å². The highest BCUT2D eigenvalue weighted by molar-refractivity contribution is 7.45. The SMILES string of the molecule is CC/C=C\C[C@H](O)/C=C/C=C\C/C=C\C=C\[C@H](O)/C=C\CCCC(=O)O[C@H](COC(=O)CCCCCCC/C=C\C/C=C\CCCCC)COP(=O)([O-])OCC[N+](C)(C)C. The lowest BCUT2D eigenvalue weighted by molar-refractivity contribution is -0.870. The Labute approximate surface area is 363 Å². The quantitative estimate of drug-likeness (QED) is 0.0153. The van der Waals surface area contributed by atoms with Crippen molar-refractivity contribution < 1.29 is 52.3 Å². The third-order valence-electron chi connectivity index (χ3n) is 8.76. The summed E-state index contributed by atoms with van der Waals surface area (Å²) in [6.45, 7) is 3.73. The Balaban J connectivity index is 4.66. The largest absolute Gasteiger partial charge is 0.756 e. The summed E-state index contributed by atoms with van der Waals surface area (Å²) >= 11 is 0. The summed E-state index contributed by atoms with van der Waals surface area (Å²) in [5.74, 6) is -1.05. The third kappa shape index (κ3) is 41.6. The van der Waals surface area contributed by atoms with Crippen LogP contribution in [0.2, 0.25) is 0 Å². The van der Waals surface area contributed by atoms with Crippen LogP contribution >= 0.6 is 7.82 Å². The molecule has 0 radical (unpaired) electrons. The molecule has 0 aliphatic heterocycles. The Kier molecular flexibility index (Phi) is 36.7. The van der Waals surface area contributed by atoms with Crippen LogP contribution in [0.1, 0.15) is 129 Å². The number of nitrogens with zero attached hydrogens (tertiary/aromatic N) is 1. The minimum absolute atomic E-state index is 0.0298. The highest BCUT2D eigenvalue weighted by Crippen LogP contribution is 2.38. The van der Waals surface area contributed by atoms with Gasteiger partial charge in [0.2, 0.25) is 0 Å². The summed E-state index contributed by atoms with van der Waals surface area (Å²) in [4.78, 5) is 37.5. The van der Waals surface area contributed by atoms with Gasteiger partial charge in [-0.1, -0.05) is 143 Å². The summed E-state index contributed by atoms with van der Waals surface area (Å²) in [6, 6.07) is 0. The van der Waals surface area contributed by atoms with Gasteiger partial charge in [-0.2, -0.15) is 0 Å². The molecule has 60 heavy (non-hydrogen) atoms. The molecule has 0 aliphatic carbocycles. The van der Waals surface area contributed by atoms with Gasteiger partial charge in [-0.15, -0.1) is 0 Å². The van der Waals surface area contributed by atoms with Crippen molar-refractivity contribution in [2.45, 2.75) is 148 Å². The maximum atomic E-state index is 12.7. The fraction of sp³-hybridized carbons (Fsp3) is 0.625. The number of carbonyl (C=O) groups excluding carboxylic acids is 2. The zero-order valence-electron chi connectivity index (χ0n) is 37.6. The molecule has 0 aromatic carbocycles. The zero-order chi connectivity index (χ0) is 44.6. The monoisotopic (exact) mass is 862 g/mol. The van der Waals surface area contributed by atoms with E-state index in [0.29, 0.717) is 43.1 Å². The van der Waals surface area contributed by atoms with Crippen LogP contribution in [0.15, 0.2) is 97.2 Å². The van der Waals surface area contributed by atoms with Gasteiger partial charge in [0.1, 0.15) is 19.8 Å². The van der Waals surface area contributed by atoms with Gasteiger partial charge in [0.15, 0.2) is 6.10 Å². The second-order valence-electron chi connectivity index (χ2n) is 15.7. The average molecular weight is 862 g/mol. The van der Waals surface area contributed by atoms with Crippen molar-refractivity contribution in [1.82, 2.24) is 0 Å². The highest BCUT2D eigenvalue weighted by atomic mass is 31.2. The van der Waals surface area contributed by atoms with Gasteiger partial charge in [-0.25, -0.2) is 0 Å². The lowest BCUT2D eigenvalue weighted by Crippen LogP contribution is -2.37. The van der Waals surface area contributed by atoms with Gasteiger partial charge < -0.3 is 38.1 Å². The molecule has 4 atom stereocenters. The second-order valence-corrected chi connectivity index (χ2v) is 17.1. The number of quaternary nitrogens is 1.